The molecule has 0 aliphatic heterocycles. The third kappa shape index (κ3) is 3.82. The highest BCUT2D eigenvalue weighted by Crippen LogP contribution is 2.12. The van der Waals surface area contributed by atoms with Gasteiger partial charge in [0, 0.05) is 31.1 Å². The van der Waals surface area contributed by atoms with Crippen LogP contribution in [0.25, 0.3) is 5.69 Å². The van der Waals surface area contributed by atoms with Crippen LogP contribution >= 0.6 is 0 Å². The second-order valence-corrected chi connectivity index (χ2v) is 3.84. The van der Waals surface area contributed by atoms with Gasteiger partial charge in [0.1, 0.15) is 0 Å². The zero-order chi connectivity index (χ0) is 13.5. The molecule has 0 radical (unpaired) electrons. The fraction of sp³-hybridized carbons (Fsp3) is 0.231. The van der Waals surface area contributed by atoms with Crippen molar-refractivity contribution in [1.29, 1.82) is 0 Å². The summed E-state index contributed by atoms with van der Waals surface area (Å²) in [6.45, 7) is 0.208. The summed E-state index contributed by atoms with van der Waals surface area (Å²) in [7, 11) is 0. The predicted molar refractivity (Wildman–Crippen MR) is 70.2 cm³/mol. The zero-order valence-electron chi connectivity index (χ0n) is 10.3. The van der Waals surface area contributed by atoms with E-state index >= 15 is 0 Å². The van der Waals surface area contributed by atoms with E-state index in [1.165, 1.54) is 0 Å². The van der Waals surface area contributed by atoms with E-state index in [1.54, 1.807) is 23.0 Å². The average molecular weight is 261 g/mol. The maximum absolute atomic E-state index is 11.4. The smallest absolute Gasteiger partial charge is 0.411 e. The molecule has 0 saturated heterocycles. The minimum absolute atomic E-state index is 0.00580. The molecule has 19 heavy (non-hydrogen) atoms. The van der Waals surface area contributed by atoms with Crippen LogP contribution in [-0.2, 0) is 4.74 Å². The lowest BCUT2D eigenvalue weighted by molar-refractivity contribution is 0.149. The predicted octanol–water partition coefficient (Wildman–Crippen LogP) is 1.80. The molecule has 2 rings (SSSR count). The summed E-state index contributed by atoms with van der Waals surface area (Å²) in [6, 6.07) is 9.06. The molecule has 6 nitrogen and oxygen atoms in total. The van der Waals surface area contributed by atoms with Crippen molar-refractivity contribution in [3.63, 3.8) is 0 Å². The average Bonchev–Trinajstić information content (AvgIpc) is 2.94. The van der Waals surface area contributed by atoms with Gasteiger partial charge in [-0.25, -0.2) is 9.48 Å². The first-order valence-electron chi connectivity index (χ1n) is 5.94. The van der Waals surface area contributed by atoms with Gasteiger partial charge in [0.25, 0.3) is 0 Å². The Balaban J connectivity index is 1.90. The second kappa shape index (κ2) is 6.55. The van der Waals surface area contributed by atoms with Gasteiger partial charge in [0.15, 0.2) is 0 Å². The molecule has 0 bridgehead atoms. The number of nitrogens with zero attached hydrogens (tertiary/aromatic N) is 2. The van der Waals surface area contributed by atoms with E-state index in [4.69, 9.17) is 9.84 Å². The van der Waals surface area contributed by atoms with Crippen LogP contribution in [0.5, 0.6) is 0 Å². The molecule has 0 aliphatic carbocycles. The standard InChI is InChI=1S/C13H15N3O3/c17-9-2-10-19-13(18)15-11-3-5-12(6-4-11)16-8-1-7-14-16/h1,3-8,17H,2,9-10H2,(H,15,18). The van der Waals surface area contributed by atoms with Gasteiger partial charge in [-0.2, -0.15) is 5.10 Å². The Morgan fingerprint density at radius 3 is 2.79 bits per heavy atom. The molecule has 1 aromatic heterocycles. The number of anilines is 1. The number of aliphatic hydroxyl groups is 1. The summed E-state index contributed by atoms with van der Waals surface area (Å²) >= 11 is 0. The van der Waals surface area contributed by atoms with E-state index in [9.17, 15) is 4.79 Å². The molecule has 1 heterocycles. The second-order valence-electron chi connectivity index (χ2n) is 3.84. The number of carbonyl (C=O) groups excluding carboxylic acids is 1. The van der Waals surface area contributed by atoms with E-state index in [1.807, 2.05) is 24.4 Å². The highest BCUT2D eigenvalue weighted by atomic mass is 16.5. The van der Waals surface area contributed by atoms with Gasteiger partial charge in [-0.15, -0.1) is 0 Å². The van der Waals surface area contributed by atoms with Gasteiger partial charge in [-0.3, -0.25) is 5.32 Å². The van der Waals surface area contributed by atoms with Gasteiger partial charge < -0.3 is 9.84 Å². The van der Waals surface area contributed by atoms with Gasteiger partial charge in [0.2, 0.25) is 0 Å². The van der Waals surface area contributed by atoms with Crippen molar-refractivity contribution >= 4 is 11.8 Å². The lowest BCUT2D eigenvalue weighted by Gasteiger charge is -2.07. The number of ether oxygens (including phenoxy) is 1. The molecular formula is C13H15N3O3. The lowest BCUT2D eigenvalue weighted by Crippen LogP contribution is -2.14. The Morgan fingerprint density at radius 1 is 1.37 bits per heavy atom. The summed E-state index contributed by atoms with van der Waals surface area (Å²) in [5.74, 6) is 0. The van der Waals surface area contributed by atoms with Crippen LogP contribution in [0.2, 0.25) is 0 Å². The number of aromatic nitrogens is 2. The zero-order valence-corrected chi connectivity index (χ0v) is 10.3. The molecule has 1 aromatic carbocycles. The number of carbonyl (C=O) groups is 1. The Labute approximate surface area is 110 Å². The largest absolute Gasteiger partial charge is 0.449 e. The van der Waals surface area contributed by atoms with Crippen LogP contribution in [0, 0.1) is 0 Å². The normalized spacial score (nSPS) is 10.2. The van der Waals surface area contributed by atoms with Crippen LogP contribution in [0.4, 0.5) is 10.5 Å². The summed E-state index contributed by atoms with van der Waals surface area (Å²) in [4.78, 5) is 11.4. The Hall–Kier alpha value is -2.34. The van der Waals surface area contributed by atoms with Crippen molar-refractivity contribution < 1.29 is 14.6 Å². The molecule has 100 valence electrons. The minimum atomic E-state index is -0.528. The Morgan fingerprint density at radius 2 is 2.16 bits per heavy atom. The summed E-state index contributed by atoms with van der Waals surface area (Å²) in [5.41, 5.74) is 1.55. The van der Waals surface area contributed by atoms with Crippen molar-refractivity contribution in [1.82, 2.24) is 9.78 Å². The third-order valence-electron chi connectivity index (χ3n) is 2.42. The number of hydrogen-bond donors (Lipinski definition) is 2. The SMILES string of the molecule is O=C(Nc1ccc(-n2cccn2)cc1)OCCCO. The maximum atomic E-state index is 11.4. The van der Waals surface area contributed by atoms with Crippen LogP contribution in [0.3, 0.4) is 0 Å². The molecule has 2 aromatic rings. The molecule has 0 atom stereocenters. The molecule has 1 amide bonds. The highest BCUT2D eigenvalue weighted by Gasteiger charge is 2.03. The van der Waals surface area contributed by atoms with Crippen molar-refractivity contribution in [3.8, 4) is 5.69 Å². The number of hydrogen-bond acceptors (Lipinski definition) is 4. The molecular weight excluding hydrogens is 246 g/mol. The van der Waals surface area contributed by atoms with Crippen LogP contribution in [0.1, 0.15) is 6.42 Å². The first kappa shape index (κ1) is 13.1. The number of rotatable bonds is 5. The molecule has 0 spiro atoms. The quantitative estimate of drug-likeness (QED) is 0.805. The minimum Gasteiger partial charge on any atom is -0.449 e. The molecule has 6 heteroatoms. The molecule has 0 aliphatic rings. The number of benzene rings is 1. The van der Waals surface area contributed by atoms with Crippen molar-refractivity contribution in [2.75, 3.05) is 18.5 Å². The van der Waals surface area contributed by atoms with E-state index in [2.05, 4.69) is 10.4 Å². The first-order valence-corrected chi connectivity index (χ1v) is 5.94. The number of aliphatic hydroxyl groups excluding tert-OH is 1. The number of nitrogens with one attached hydrogen (secondary N) is 1. The summed E-state index contributed by atoms with van der Waals surface area (Å²) < 4.78 is 6.59. The maximum Gasteiger partial charge on any atom is 0.411 e. The fourth-order valence-electron chi connectivity index (χ4n) is 1.50. The third-order valence-corrected chi connectivity index (χ3v) is 2.42. The van der Waals surface area contributed by atoms with Crippen molar-refractivity contribution in [2.24, 2.45) is 0 Å². The fourth-order valence-corrected chi connectivity index (χ4v) is 1.50. The van der Waals surface area contributed by atoms with Crippen LogP contribution in [-0.4, -0.2) is 34.2 Å². The van der Waals surface area contributed by atoms with Gasteiger partial charge in [0.05, 0.1) is 12.3 Å². The Bertz CT molecular complexity index is 508. The van der Waals surface area contributed by atoms with Gasteiger partial charge >= 0.3 is 6.09 Å². The van der Waals surface area contributed by atoms with E-state index < -0.39 is 6.09 Å². The van der Waals surface area contributed by atoms with E-state index in [0.717, 1.165) is 5.69 Å². The lowest BCUT2D eigenvalue weighted by atomic mass is 10.3. The molecule has 0 unspecified atom stereocenters. The summed E-state index contributed by atoms with van der Waals surface area (Å²) in [6.07, 6.45) is 3.45. The van der Waals surface area contributed by atoms with Crippen LogP contribution in [0.15, 0.2) is 42.7 Å². The summed E-state index contributed by atoms with van der Waals surface area (Å²) in [5, 5.41) is 15.3. The molecule has 0 saturated carbocycles. The van der Waals surface area contributed by atoms with Gasteiger partial charge in [-0.1, -0.05) is 0 Å². The topological polar surface area (TPSA) is 76.4 Å². The van der Waals surface area contributed by atoms with Crippen molar-refractivity contribution in [3.05, 3.63) is 42.7 Å². The van der Waals surface area contributed by atoms with Gasteiger partial charge in [-0.05, 0) is 30.3 Å². The molecule has 2 N–H and O–H groups in total. The highest BCUT2D eigenvalue weighted by molar-refractivity contribution is 5.84. The van der Waals surface area contributed by atoms with E-state index in [-0.39, 0.29) is 13.2 Å². The number of amides is 1. The first-order chi connectivity index (χ1) is 9.29. The van der Waals surface area contributed by atoms with E-state index in [0.29, 0.717) is 12.1 Å². The molecule has 0 fully saturated rings. The van der Waals surface area contributed by atoms with Crippen LogP contribution < -0.4 is 5.32 Å². The monoisotopic (exact) mass is 261 g/mol. The van der Waals surface area contributed by atoms with Crippen molar-refractivity contribution in [2.45, 2.75) is 6.42 Å². The Kier molecular flexibility index (Phi) is 4.52.